The lowest BCUT2D eigenvalue weighted by Gasteiger charge is -2.04. The second kappa shape index (κ2) is 6.65. The summed E-state index contributed by atoms with van der Waals surface area (Å²) in [7, 11) is 0. The number of halogens is 1. The zero-order valence-corrected chi connectivity index (χ0v) is 11.3. The van der Waals surface area contributed by atoms with Gasteiger partial charge < -0.3 is 10.4 Å². The van der Waals surface area contributed by atoms with Crippen molar-refractivity contribution in [2.45, 2.75) is 0 Å². The molecule has 0 radical (unpaired) electrons. The molecule has 0 atom stereocenters. The van der Waals surface area contributed by atoms with Gasteiger partial charge in [-0.15, -0.1) is 0 Å². The van der Waals surface area contributed by atoms with E-state index in [1.54, 1.807) is 12.1 Å². The Hall–Kier alpha value is -2.44. The molecule has 0 aliphatic rings. The average Bonchev–Trinajstić information content (AvgIpc) is 2.44. The Labute approximate surface area is 122 Å². The standard InChI is InChI=1S/C16H12ClNO2/c17-15-11-13(8-9-14(15)16(19)20)18-10-4-7-12-5-2-1-3-6-12/h1-3,5-6,8-9,11,18H,10H2,(H,19,20). The molecule has 0 amide bonds. The summed E-state index contributed by atoms with van der Waals surface area (Å²) in [6, 6.07) is 14.4. The summed E-state index contributed by atoms with van der Waals surface area (Å²) in [5.41, 5.74) is 1.78. The lowest BCUT2D eigenvalue weighted by atomic mass is 10.2. The average molecular weight is 286 g/mol. The van der Waals surface area contributed by atoms with Crippen LogP contribution in [0.1, 0.15) is 15.9 Å². The van der Waals surface area contributed by atoms with Gasteiger partial charge in [0, 0.05) is 11.3 Å². The van der Waals surface area contributed by atoms with E-state index in [-0.39, 0.29) is 10.6 Å². The van der Waals surface area contributed by atoms with Crippen molar-refractivity contribution in [2.75, 3.05) is 11.9 Å². The number of aromatic carboxylic acids is 1. The molecule has 0 aliphatic carbocycles. The number of hydrogen-bond acceptors (Lipinski definition) is 2. The summed E-state index contributed by atoms with van der Waals surface area (Å²) in [5.74, 6) is 4.97. The van der Waals surface area contributed by atoms with Gasteiger partial charge in [0.05, 0.1) is 17.1 Å². The van der Waals surface area contributed by atoms with Gasteiger partial charge in [0.1, 0.15) is 0 Å². The molecule has 0 aromatic heterocycles. The van der Waals surface area contributed by atoms with Crippen LogP contribution in [0.3, 0.4) is 0 Å². The minimum atomic E-state index is -1.04. The van der Waals surface area contributed by atoms with Crippen LogP contribution >= 0.6 is 11.6 Å². The van der Waals surface area contributed by atoms with Gasteiger partial charge in [0.15, 0.2) is 0 Å². The predicted molar refractivity (Wildman–Crippen MR) is 80.2 cm³/mol. The van der Waals surface area contributed by atoms with Crippen LogP contribution in [0.4, 0.5) is 5.69 Å². The van der Waals surface area contributed by atoms with Crippen LogP contribution < -0.4 is 5.32 Å². The van der Waals surface area contributed by atoms with Crippen molar-refractivity contribution in [1.29, 1.82) is 0 Å². The van der Waals surface area contributed by atoms with Crippen molar-refractivity contribution >= 4 is 23.3 Å². The number of carbonyl (C=O) groups is 1. The van der Waals surface area contributed by atoms with Crippen LogP contribution in [0, 0.1) is 11.8 Å². The van der Waals surface area contributed by atoms with E-state index in [0.29, 0.717) is 6.54 Å². The summed E-state index contributed by atoms with van der Waals surface area (Å²) in [6.45, 7) is 0.456. The van der Waals surface area contributed by atoms with Crippen LogP contribution in [-0.4, -0.2) is 17.6 Å². The van der Waals surface area contributed by atoms with E-state index in [2.05, 4.69) is 17.2 Å². The predicted octanol–water partition coefficient (Wildman–Crippen LogP) is 3.50. The van der Waals surface area contributed by atoms with Gasteiger partial charge in [-0.1, -0.05) is 41.6 Å². The number of rotatable bonds is 3. The van der Waals surface area contributed by atoms with Crippen LogP contribution in [0.5, 0.6) is 0 Å². The molecular weight excluding hydrogens is 274 g/mol. The van der Waals surface area contributed by atoms with Gasteiger partial charge in [0.2, 0.25) is 0 Å². The van der Waals surface area contributed by atoms with Crippen LogP contribution in [0.15, 0.2) is 48.5 Å². The molecule has 2 N–H and O–H groups in total. The molecule has 0 aliphatic heterocycles. The highest BCUT2D eigenvalue weighted by Crippen LogP contribution is 2.20. The lowest BCUT2D eigenvalue weighted by Crippen LogP contribution is -2.01. The third-order valence-electron chi connectivity index (χ3n) is 2.59. The smallest absolute Gasteiger partial charge is 0.337 e. The maximum Gasteiger partial charge on any atom is 0.337 e. The lowest BCUT2D eigenvalue weighted by molar-refractivity contribution is 0.0697. The van der Waals surface area contributed by atoms with Gasteiger partial charge in [-0.3, -0.25) is 0 Å². The van der Waals surface area contributed by atoms with E-state index in [1.807, 2.05) is 30.3 Å². The second-order valence-corrected chi connectivity index (χ2v) is 4.43. The summed E-state index contributed by atoms with van der Waals surface area (Å²) >= 11 is 5.88. The van der Waals surface area contributed by atoms with Crippen LogP contribution in [0.25, 0.3) is 0 Å². The Kier molecular flexibility index (Phi) is 4.65. The number of hydrogen-bond donors (Lipinski definition) is 2. The molecule has 0 spiro atoms. The first kappa shape index (κ1) is 14.0. The van der Waals surface area contributed by atoms with Gasteiger partial charge >= 0.3 is 5.97 Å². The van der Waals surface area contributed by atoms with Gasteiger partial charge in [-0.05, 0) is 30.3 Å². The van der Waals surface area contributed by atoms with E-state index < -0.39 is 5.97 Å². The highest BCUT2D eigenvalue weighted by Gasteiger charge is 2.08. The highest BCUT2D eigenvalue weighted by atomic mass is 35.5. The van der Waals surface area contributed by atoms with Crippen molar-refractivity contribution in [3.8, 4) is 11.8 Å². The summed E-state index contributed by atoms with van der Waals surface area (Å²) in [5, 5.41) is 12.1. The van der Waals surface area contributed by atoms with E-state index >= 15 is 0 Å². The molecule has 2 aromatic carbocycles. The number of carboxylic acid groups (broad SMARTS) is 1. The molecule has 2 aromatic rings. The SMILES string of the molecule is O=C(O)c1ccc(NCC#Cc2ccccc2)cc1Cl. The first-order chi connectivity index (χ1) is 9.66. The van der Waals surface area contributed by atoms with Crippen molar-refractivity contribution in [3.05, 3.63) is 64.7 Å². The topological polar surface area (TPSA) is 49.3 Å². The molecule has 0 saturated carbocycles. The van der Waals surface area contributed by atoms with Gasteiger partial charge in [-0.25, -0.2) is 4.79 Å². The maximum absolute atomic E-state index is 10.8. The minimum Gasteiger partial charge on any atom is -0.478 e. The third-order valence-corrected chi connectivity index (χ3v) is 2.90. The van der Waals surface area contributed by atoms with Crippen molar-refractivity contribution in [1.82, 2.24) is 0 Å². The third kappa shape index (κ3) is 3.78. The molecule has 20 heavy (non-hydrogen) atoms. The summed E-state index contributed by atoms with van der Waals surface area (Å²) in [6.07, 6.45) is 0. The van der Waals surface area contributed by atoms with E-state index in [1.165, 1.54) is 6.07 Å². The highest BCUT2D eigenvalue weighted by molar-refractivity contribution is 6.33. The number of nitrogens with one attached hydrogen (secondary N) is 1. The monoisotopic (exact) mass is 285 g/mol. The van der Waals surface area contributed by atoms with Gasteiger partial charge in [0.25, 0.3) is 0 Å². The number of carboxylic acids is 1. The fourth-order valence-electron chi connectivity index (χ4n) is 1.61. The van der Waals surface area contributed by atoms with Crippen molar-refractivity contribution in [3.63, 3.8) is 0 Å². The fraction of sp³-hybridized carbons (Fsp3) is 0.0625. The first-order valence-electron chi connectivity index (χ1n) is 5.97. The Morgan fingerprint density at radius 1 is 1.20 bits per heavy atom. The summed E-state index contributed by atoms with van der Waals surface area (Å²) < 4.78 is 0. The number of anilines is 1. The molecule has 0 saturated heterocycles. The molecule has 4 heteroatoms. The quantitative estimate of drug-likeness (QED) is 0.849. The van der Waals surface area contributed by atoms with E-state index in [9.17, 15) is 4.79 Å². The fourth-order valence-corrected chi connectivity index (χ4v) is 1.87. The molecular formula is C16H12ClNO2. The van der Waals surface area contributed by atoms with Gasteiger partial charge in [-0.2, -0.15) is 0 Å². The van der Waals surface area contributed by atoms with Crippen molar-refractivity contribution in [2.24, 2.45) is 0 Å². The Bertz CT molecular complexity index is 672. The minimum absolute atomic E-state index is 0.0904. The molecule has 0 unspecified atom stereocenters. The zero-order valence-electron chi connectivity index (χ0n) is 10.6. The summed E-state index contributed by atoms with van der Waals surface area (Å²) in [4.78, 5) is 10.8. The van der Waals surface area contributed by atoms with Crippen molar-refractivity contribution < 1.29 is 9.90 Å². The van der Waals surface area contributed by atoms with E-state index in [4.69, 9.17) is 16.7 Å². The molecule has 3 nitrogen and oxygen atoms in total. The molecule has 0 bridgehead atoms. The Morgan fingerprint density at radius 2 is 1.95 bits per heavy atom. The largest absolute Gasteiger partial charge is 0.478 e. The van der Waals surface area contributed by atoms with E-state index in [0.717, 1.165) is 11.3 Å². The molecule has 2 rings (SSSR count). The zero-order chi connectivity index (χ0) is 14.4. The normalized spacial score (nSPS) is 9.45. The molecule has 0 fully saturated rings. The Balaban J connectivity index is 1.97. The Morgan fingerprint density at radius 3 is 2.60 bits per heavy atom. The van der Waals surface area contributed by atoms with Crippen LogP contribution in [-0.2, 0) is 0 Å². The first-order valence-corrected chi connectivity index (χ1v) is 6.35. The molecule has 0 heterocycles. The maximum atomic E-state index is 10.8. The number of benzene rings is 2. The second-order valence-electron chi connectivity index (χ2n) is 4.02. The molecule has 100 valence electrons. The van der Waals surface area contributed by atoms with Crippen LogP contribution in [0.2, 0.25) is 5.02 Å².